The van der Waals surface area contributed by atoms with E-state index in [1.807, 2.05) is 45.2 Å². The molecular formula is C21H30N2O4. The number of esters is 1. The normalized spacial score (nSPS) is 11.4. The van der Waals surface area contributed by atoms with Crippen LogP contribution in [0.3, 0.4) is 0 Å². The Morgan fingerprint density at radius 2 is 1.81 bits per heavy atom. The molecule has 0 aliphatic rings. The lowest BCUT2D eigenvalue weighted by Crippen LogP contribution is -2.32. The Bertz CT molecular complexity index is 774. The Kier molecular flexibility index (Phi) is 7.28. The lowest BCUT2D eigenvalue weighted by Gasteiger charge is -2.19. The maximum absolute atomic E-state index is 11.9. The van der Waals surface area contributed by atoms with Crippen molar-refractivity contribution in [2.45, 2.75) is 58.6 Å². The highest BCUT2D eigenvalue weighted by Crippen LogP contribution is 2.21. The summed E-state index contributed by atoms with van der Waals surface area (Å²) in [6.45, 7) is 7.08. The molecular weight excluding hydrogens is 344 g/mol. The number of fused-ring (bicyclic) bond motifs is 1. The molecule has 1 aromatic heterocycles. The molecule has 0 unspecified atom stereocenters. The van der Waals surface area contributed by atoms with Crippen LogP contribution in [0.15, 0.2) is 30.5 Å². The zero-order chi connectivity index (χ0) is 19.9. The van der Waals surface area contributed by atoms with Gasteiger partial charge in [-0.1, -0.05) is 18.9 Å². The summed E-state index contributed by atoms with van der Waals surface area (Å²) in [5.74, 6) is -0.309. The average Bonchev–Trinajstić information content (AvgIpc) is 3.02. The second kappa shape index (κ2) is 9.44. The summed E-state index contributed by atoms with van der Waals surface area (Å²) in [4.78, 5) is 23.4. The number of methoxy groups -OCH3 is 1. The van der Waals surface area contributed by atoms with Crippen molar-refractivity contribution in [1.82, 2.24) is 9.88 Å². The molecule has 6 heteroatoms. The SMILES string of the molecule is COC(=O)c1cccc2c1ccn2CCCCCCNC(=O)OC(C)(C)C. The Morgan fingerprint density at radius 3 is 2.52 bits per heavy atom. The smallest absolute Gasteiger partial charge is 0.407 e. The number of amides is 1. The molecule has 0 spiro atoms. The number of alkyl carbamates (subject to hydrolysis) is 1. The first-order chi connectivity index (χ1) is 12.8. The largest absolute Gasteiger partial charge is 0.465 e. The van der Waals surface area contributed by atoms with Crippen LogP contribution in [0.4, 0.5) is 4.79 Å². The van der Waals surface area contributed by atoms with Gasteiger partial charge in [-0.05, 0) is 51.8 Å². The fraction of sp³-hybridized carbons (Fsp3) is 0.524. The second-order valence-electron chi connectivity index (χ2n) is 7.58. The lowest BCUT2D eigenvalue weighted by atomic mass is 10.1. The predicted octanol–water partition coefficient (Wildman–Crippen LogP) is 4.51. The van der Waals surface area contributed by atoms with Crippen LogP contribution in [-0.2, 0) is 16.0 Å². The molecule has 2 rings (SSSR count). The van der Waals surface area contributed by atoms with Crippen molar-refractivity contribution in [1.29, 1.82) is 0 Å². The van der Waals surface area contributed by atoms with Gasteiger partial charge < -0.3 is 19.4 Å². The van der Waals surface area contributed by atoms with Crippen molar-refractivity contribution >= 4 is 23.0 Å². The van der Waals surface area contributed by atoms with E-state index < -0.39 is 5.60 Å². The zero-order valence-corrected chi connectivity index (χ0v) is 16.7. The Hall–Kier alpha value is -2.50. The first kappa shape index (κ1) is 20.8. The van der Waals surface area contributed by atoms with Crippen LogP contribution in [0.1, 0.15) is 56.8 Å². The maximum atomic E-state index is 11.9. The van der Waals surface area contributed by atoms with Gasteiger partial charge in [-0.15, -0.1) is 0 Å². The van der Waals surface area contributed by atoms with Crippen molar-refractivity contribution in [2.24, 2.45) is 0 Å². The van der Waals surface area contributed by atoms with Gasteiger partial charge in [0, 0.05) is 30.2 Å². The highest BCUT2D eigenvalue weighted by atomic mass is 16.6. The van der Waals surface area contributed by atoms with Gasteiger partial charge in [0.25, 0.3) is 0 Å². The zero-order valence-electron chi connectivity index (χ0n) is 16.7. The van der Waals surface area contributed by atoms with Crippen molar-refractivity contribution < 1.29 is 19.1 Å². The predicted molar refractivity (Wildman–Crippen MR) is 106 cm³/mol. The lowest BCUT2D eigenvalue weighted by molar-refractivity contribution is 0.0525. The third kappa shape index (κ3) is 6.31. The van der Waals surface area contributed by atoms with E-state index in [0.717, 1.165) is 43.1 Å². The van der Waals surface area contributed by atoms with E-state index in [1.165, 1.54) is 7.11 Å². The molecule has 0 atom stereocenters. The molecule has 0 aliphatic carbocycles. The van der Waals surface area contributed by atoms with E-state index in [4.69, 9.17) is 9.47 Å². The second-order valence-corrected chi connectivity index (χ2v) is 7.58. The summed E-state index contributed by atoms with van der Waals surface area (Å²) in [5.41, 5.74) is 1.18. The number of aryl methyl sites for hydroxylation is 1. The standard InChI is InChI=1S/C21H30N2O4/c1-21(2,3)27-20(25)22-13-7-5-6-8-14-23-15-12-16-17(19(24)26-4)10-9-11-18(16)23/h9-12,15H,5-8,13-14H2,1-4H3,(H,22,25). The van der Waals surface area contributed by atoms with E-state index in [-0.39, 0.29) is 12.1 Å². The number of nitrogens with zero attached hydrogens (tertiary/aromatic N) is 1. The van der Waals surface area contributed by atoms with Gasteiger partial charge in [0.05, 0.1) is 12.7 Å². The fourth-order valence-corrected chi connectivity index (χ4v) is 2.97. The van der Waals surface area contributed by atoms with E-state index >= 15 is 0 Å². The fourth-order valence-electron chi connectivity index (χ4n) is 2.97. The van der Waals surface area contributed by atoms with E-state index in [0.29, 0.717) is 12.1 Å². The molecule has 6 nitrogen and oxygen atoms in total. The molecule has 1 heterocycles. The number of hydrogen-bond acceptors (Lipinski definition) is 4. The number of hydrogen-bond donors (Lipinski definition) is 1. The summed E-state index contributed by atoms with van der Waals surface area (Å²) >= 11 is 0. The van der Waals surface area contributed by atoms with Crippen LogP contribution in [0, 0.1) is 0 Å². The topological polar surface area (TPSA) is 69.6 Å². The molecule has 1 aromatic carbocycles. The number of carbonyl (C=O) groups excluding carboxylic acids is 2. The van der Waals surface area contributed by atoms with Crippen molar-refractivity contribution in [3.05, 3.63) is 36.0 Å². The van der Waals surface area contributed by atoms with Crippen molar-refractivity contribution in [3.8, 4) is 0 Å². The minimum absolute atomic E-state index is 0.309. The van der Waals surface area contributed by atoms with Gasteiger partial charge in [0.1, 0.15) is 5.60 Å². The van der Waals surface area contributed by atoms with Crippen LogP contribution in [-0.4, -0.2) is 35.9 Å². The van der Waals surface area contributed by atoms with E-state index in [1.54, 1.807) is 6.07 Å². The Balaban J connectivity index is 1.72. The van der Waals surface area contributed by atoms with Crippen molar-refractivity contribution in [2.75, 3.05) is 13.7 Å². The quantitative estimate of drug-likeness (QED) is 0.545. The molecule has 0 saturated carbocycles. The summed E-state index contributed by atoms with van der Waals surface area (Å²) in [7, 11) is 1.40. The highest BCUT2D eigenvalue weighted by molar-refractivity contribution is 6.03. The molecule has 27 heavy (non-hydrogen) atoms. The number of unbranched alkanes of at least 4 members (excludes halogenated alkanes) is 3. The van der Waals surface area contributed by atoms with Gasteiger partial charge in [-0.3, -0.25) is 0 Å². The van der Waals surface area contributed by atoms with E-state index in [2.05, 4.69) is 9.88 Å². The number of ether oxygens (including phenoxy) is 2. The van der Waals surface area contributed by atoms with E-state index in [9.17, 15) is 9.59 Å². The summed E-state index contributed by atoms with van der Waals surface area (Å²) < 4.78 is 12.2. The minimum Gasteiger partial charge on any atom is -0.465 e. The molecule has 1 N–H and O–H groups in total. The van der Waals surface area contributed by atoms with Gasteiger partial charge in [-0.25, -0.2) is 9.59 Å². The van der Waals surface area contributed by atoms with Crippen LogP contribution < -0.4 is 5.32 Å². The molecule has 0 fully saturated rings. The molecule has 0 saturated heterocycles. The van der Waals surface area contributed by atoms with Gasteiger partial charge in [-0.2, -0.15) is 0 Å². The highest BCUT2D eigenvalue weighted by Gasteiger charge is 2.15. The van der Waals surface area contributed by atoms with Crippen molar-refractivity contribution in [3.63, 3.8) is 0 Å². The van der Waals surface area contributed by atoms with Gasteiger partial charge >= 0.3 is 12.1 Å². The molecule has 0 aliphatic heterocycles. The number of carbonyl (C=O) groups is 2. The molecule has 1 amide bonds. The number of benzene rings is 1. The Morgan fingerprint density at radius 1 is 1.07 bits per heavy atom. The maximum Gasteiger partial charge on any atom is 0.407 e. The number of nitrogens with one attached hydrogen (secondary N) is 1. The van der Waals surface area contributed by atoms with Crippen LogP contribution in [0.2, 0.25) is 0 Å². The average molecular weight is 374 g/mol. The first-order valence-corrected chi connectivity index (χ1v) is 9.45. The number of aromatic nitrogens is 1. The summed E-state index contributed by atoms with van der Waals surface area (Å²) in [5, 5.41) is 3.70. The molecule has 0 bridgehead atoms. The molecule has 0 radical (unpaired) electrons. The minimum atomic E-state index is -0.461. The van der Waals surface area contributed by atoms with Gasteiger partial charge in [0.15, 0.2) is 0 Å². The van der Waals surface area contributed by atoms with Crippen LogP contribution in [0.25, 0.3) is 10.9 Å². The van der Waals surface area contributed by atoms with Crippen LogP contribution in [0.5, 0.6) is 0 Å². The summed E-state index contributed by atoms with van der Waals surface area (Å²) in [6, 6.07) is 7.66. The van der Waals surface area contributed by atoms with Crippen LogP contribution >= 0.6 is 0 Å². The molecule has 2 aromatic rings. The third-order valence-corrected chi connectivity index (χ3v) is 4.21. The summed E-state index contributed by atoms with van der Waals surface area (Å²) in [6.07, 6.45) is 5.75. The molecule has 148 valence electrons. The Labute approximate surface area is 160 Å². The number of rotatable bonds is 8. The monoisotopic (exact) mass is 374 g/mol. The first-order valence-electron chi connectivity index (χ1n) is 9.45. The van der Waals surface area contributed by atoms with Gasteiger partial charge in [0.2, 0.25) is 0 Å². The third-order valence-electron chi connectivity index (χ3n) is 4.21.